The lowest BCUT2D eigenvalue weighted by Gasteiger charge is -2.20. The van der Waals surface area contributed by atoms with Crippen LogP contribution in [-0.4, -0.2) is 60.5 Å². The first-order chi connectivity index (χ1) is 31.7. The van der Waals surface area contributed by atoms with Gasteiger partial charge in [-0.25, -0.2) is 4.57 Å². The number of carboxylic acid groups (broad SMARTS) is 1. The summed E-state index contributed by atoms with van der Waals surface area (Å²) in [6.07, 6.45) is 69.1. The molecule has 0 heterocycles. The van der Waals surface area contributed by atoms with Crippen LogP contribution in [0.25, 0.3) is 0 Å². The van der Waals surface area contributed by atoms with Crippen LogP contribution < -0.4 is 5.73 Å². The standard InChI is InChI=1S/C54H84NO9P/c1-3-5-7-9-11-13-15-17-19-21-23-25-27-29-31-33-35-37-39-41-43-45-47-61-48-51(49-62-65(59,60)63-50-52(55)54(57)58)64-53(56)46-44-42-40-38-36-34-32-30-28-26-24-22-20-18-16-14-12-10-8-6-4-2/h5-8,11-14,17-20,23-26,29-32,35-38,51-52H,3-4,9-10,15-16,21-22,27-28,33-34,39-50,55H2,1-2H3,(H,57,58)(H,59,60)/b7-5-,8-6-,13-11-,14-12-,19-17-,20-18-,25-23-,26-24-,31-29-,32-30-,37-35-,38-36-. The molecule has 0 bridgehead atoms. The van der Waals surface area contributed by atoms with Gasteiger partial charge in [-0.3, -0.25) is 18.6 Å². The molecule has 0 saturated carbocycles. The van der Waals surface area contributed by atoms with E-state index in [-0.39, 0.29) is 13.0 Å². The number of nitrogens with two attached hydrogens (primary N) is 1. The van der Waals surface area contributed by atoms with Gasteiger partial charge in [0.25, 0.3) is 0 Å². The number of carboxylic acids is 1. The molecule has 3 atom stereocenters. The Morgan fingerprint density at radius 3 is 1.23 bits per heavy atom. The van der Waals surface area contributed by atoms with Gasteiger partial charge in [-0.1, -0.05) is 166 Å². The van der Waals surface area contributed by atoms with E-state index in [2.05, 4.69) is 160 Å². The minimum atomic E-state index is -4.66. The summed E-state index contributed by atoms with van der Waals surface area (Å²) in [6, 6.07) is -1.50. The summed E-state index contributed by atoms with van der Waals surface area (Å²) in [6.45, 7) is 3.48. The lowest BCUT2D eigenvalue weighted by atomic mass is 10.2. The zero-order valence-electron chi connectivity index (χ0n) is 39.8. The van der Waals surface area contributed by atoms with Gasteiger partial charge < -0.3 is 25.2 Å². The van der Waals surface area contributed by atoms with E-state index in [9.17, 15) is 19.0 Å². The summed E-state index contributed by atoms with van der Waals surface area (Å²) in [7, 11) is -4.66. The molecule has 65 heavy (non-hydrogen) atoms. The molecule has 0 aromatic rings. The molecule has 0 aliphatic rings. The Bertz CT molecular complexity index is 1580. The second-order valence-corrected chi connectivity index (χ2v) is 16.6. The first-order valence-electron chi connectivity index (χ1n) is 23.9. The van der Waals surface area contributed by atoms with Crippen molar-refractivity contribution in [3.63, 3.8) is 0 Å². The van der Waals surface area contributed by atoms with Crippen molar-refractivity contribution >= 4 is 19.8 Å². The van der Waals surface area contributed by atoms with Crippen LogP contribution in [0.5, 0.6) is 0 Å². The maximum Gasteiger partial charge on any atom is 0.472 e. The second kappa shape index (κ2) is 47.8. The minimum Gasteiger partial charge on any atom is -0.480 e. The Labute approximate surface area is 393 Å². The van der Waals surface area contributed by atoms with Gasteiger partial charge in [-0.15, -0.1) is 0 Å². The van der Waals surface area contributed by atoms with Crippen molar-refractivity contribution in [2.75, 3.05) is 26.4 Å². The highest BCUT2D eigenvalue weighted by Gasteiger charge is 2.27. The van der Waals surface area contributed by atoms with Gasteiger partial charge in [0.1, 0.15) is 12.1 Å². The highest BCUT2D eigenvalue weighted by atomic mass is 31.2. The zero-order chi connectivity index (χ0) is 47.6. The maximum atomic E-state index is 12.7. The number of phosphoric acid groups is 1. The molecular formula is C54H84NO9P. The van der Waals surface area contributed by atoms with Crippen molar-refractivity contribution in [1.29, 1.82) is 0 Å². The normalized spacial score (nSPS) is 15.0. The molecular weight excluding hydrogens is 838 g/mol. The number of unbranched alkanes of at least 4 members (excludes halogenated alkanes) is 5. The topological polar surface area (TPSA) is 155 Å². The second-order valence-electron chi connectivity index (χ2n) is 15.1. The zero-order valence-corrected chi connectivity index (χ0v) is 40.7. The molecule has 10 nitrogen and oxygen atoms in total. The van der Waals surface area contributed by atoms with E-state index >= 15 is 0 Å². The fraction of sp³-hybridized carbons (Fsp3) is 0.519. The first-order valence-corrected chi connectivity index (χ1v) is 25.4. The molecule has 0 fully saturated rings. The van der Waals surface area contributed by atoms with Gasteiger partial charge >= 0.3 is 19.8 Å². The molecule has 4 N–H and O–H groups in total. The van der Waals surface area contributed by atoms with Crippen LogP contribution in [0, 0.1) is 0 Å². The Hall–Kier alpha value is -4.15. The van der Waals surface area contributed by atoms with Crippen LogP contribution >= 0.6 is 7.82 Å². The predicted molar refractivity (Wildman–Crippen MR) is 271 cm³/mol. The Morgan fingerprint density at radius 1 is 0.492 bits per heavy atom. The molecule has 0 radical (unpaired) electrons. The van der Waals surface area contributed by atoms with Crippen molar-refractivity contribution < 1.29 is 42.7 Å². The largest absolute Gasteiger partial charge is 0.480 e. The lowest BCUT2D eigenvalue weighted by molar-refractivity contribution is -0.154. The van der Waals surface area contributed by atoms with Crippen molar-refractivity contribution in [1.82, 2.24) is 0 Å². The predicted octanol–water partition coefficient (Wildman–Crippen LogP) is 14.0. The van der Waals surface area contributed by atoms with Crippen molar-refractivity contribution in [3.8, 4) is 0 Å². The summed E-state index contributed by atoms with van der Waals surface area (Å²) < 4.78 is 33.4. The molecule has 0 aromatic heterocycles. The van der Waals surface area contributed by atoms with E-state index < -0.39 is 45.1 Å². The van der Waals surface area contributed by atoms with Gasteiger partial charge in [0.2, 0.25) is 0 Å². The molecule has 3 unspecified atom stereocenters. The summed E-state index contributed by atoms with van der Waals surface area (Å²) in [4.78, 5) is 33.6. The lowest BCUT2D eigenvalue weighted by Crippen LogP contribution is -2.34. The van der Waals surface area contributed by atoms with E-state index in [1.807, 2.05) is 0 Å². The third-order valence-electron chi connectivity index (χ3n) is 9.11. The number of aliphatic carboxylic acids is 1. The fourth-order valence-corrected chi connectivity index (χ4v) is 6.27. The number of carbonyl (C=O) groups is 2. The SMILES string of the molecule is CC/C=C\C/C=C\C/C=C\C/C=C\C/C=C\C/C=C\CCCCCOCC(COP(=O)(O)OCC(N)C(=O)O)OC(=O)CCCC/C=C\C/C=C\C/C=C\C/C=C\C/C=C\C/C=C\CC. The van der Waals surface area contributed by atoms with E-state index in [1.165, 1.54) is 0 Å². The van der Waals surface area contributed by atoms with Crippen LogP contribution in [0.4, 0.5) is 0 Å². The number of ether oxygens (including phenoxy) is 2. The molecule has 11 heteroatoms. The van der Waals surface area contributed by atoms with Gasteiger partial charge in [-0.2, -0.15) is 0 Å². The molecule has 0 saturated heterocycles. The highest BCUT2D eigenvalue weighted by molar-refractivity contribution is 7.47. The maximum absolute atomic E-state index is 12.7. The van der Waals surface area contributed by atoms with Gasteiger partial charge in [-0.05, 0) is 116 Å². The number of rotatable bonds is 43. The molecule has 0 aromatic carbocycles. The van der Waals surface area contributed by atoms with E-state index in [1.54, 1.807) is 0 Å². The first kappa shape index (κ1) is 60.9. The van der Waals surface area contributed by atoms with E-state index in [4.69, 9.17) is 29.4 Å². The number of carbonyl (C=O) groups excluding carboxylic acids is 1. The summed E-state index contributed by atoms with van der Waals surface area (Å²) in [5.74, 6) is -1.86. The highest BCUT2D eigenvalue weighted by Crippen LogP contribution is 2.43. The molecule has 0 amide bonds. The van der Waals surface area contributed by atoms with Crippen molar-refractivity contribution in [3.05, 3.63) is 146 Å². The summed E-state index contributed by atoms with van der Waals surface area (Å²) in [5.41, 5.74) is 5.36. The van der Waals surface area contributed by atoms with Crippen molar-refractivity contribution in [2.24, 2.45) is 5.73 Å². The molecule has 364 valence electrons. The number of allylic oxidation sites excluding steroid dienone is 24. The van der Waals surface area contributed by atoms with Gasteiger partial charge in [0.05, 0.1) is 19.8 Å². The smallest absolute Gasteiger partial charge is 0.472 e. The molecule has 0 aliphatic carbocycles. The third-order valence-corrected chi connectivity index (χ3v) is 10.1. The van der Waals surface area contributed by atoms with Crippen LogP contribution in [0.2, 0.25) is 0 Å². The number of hydrogen-bond donors (Lipinski definition) is 3. The average Bonchev–Trinajstić information content (AvgIpc) is 3.29. The van der Waals surface area contributed by atoms with Crippen LogP contribution in [0.1, 0.15) is 142 Å². The Morgan fingerprint density at radius 2 is 0.846 bits per heavy atom. The van der Waals surface area contributed by atoms with E-state index in [0.717, 1.165) is 116 Å². The van der Waals surface area contributed by atoms with E-state index in [0.29, 0.717) is 13.0 Å². The van der Waals surface area contributed by atoms with Crippen molar-refractivity contribution in [2.45, 2.75) is 154 Å². The van der Waals surface area contributed by atoms with Gasteiger partial charge in [0.15, 0.2) is 0 Å². The van der Waals surface area contributed by atoms with Crippen LogP contribution in [0.3, 0.4) is 0 Å². The number of esters is 1. The fourth-order valence-electron chi connectivity index (χ4n) is 5.49. The average molecular weight is 922 g/mol. The van der Waals surface area contributed by atoms with Crippen LogP contribution in [-0.2, 0) is 32.7 Å². The minimum absolute atomic E-state index is 0.0356. The number of phosphoric ester groups is 1. The molecule has 0 spiro atoms. The van der Waals surface area contributed by atoms with Gasteiger partial charge in [0, 0.05) is 13.0 Å². The quantitative estimate of drug-likeness (QED) is 0.0233. The Kier molecular flexibility index (Phi) is 44.7. The monoisotopic (exact) mass is 922 g/mol. The number of hydrogen-bond acceptors (Lipinski definition) is 8. The van der Waals surface area contributed by atoms with Crippen LogP contribution in [0.15, 0.2) is 146 Å². The molecule has 0 rings (SSSR count). The summed E-state index contributed by atoms with van der Waals surface area (Å²) >= 11 is 0. The molecule has 0 aliphatic heterocycles. The summed E-state index contributed by atoms with van der Waals surface area (Å²) in [5, 5.41) is 8.92. The third kappa shape index (κ3) is 47.6. The Balaban J connectivity index is 4.40.